The lowest BCUT2D eigenvalue weighted by Gasteiger charge is -2.20. The Morgan fingerprint density at radius 1 is 1.82 bits per heavy atom. The van der Waals surface area contributed by atoms with E-state index in [1.54, 1.807) is 7.05 Å². The number of nitrogens with zero attached hydrogens (tertiary/aromatic N) is 2. The van der Waals surface area contributed by atoms with Crippen molar-refractivity contribution in [3.8, 4) is 0 Å². The molecule has 11 heavy (non-hydrogen) atoms. The summed E-state index contributed by atoms with van der Waals surface area (Å²) in [7, 11) is 1.59. The van der Waals surface area contributed by atoms with Crippen LogP contribution in [0.1, 0.15) is 0 Å². The second-order valence-corrected chi connectivity index (χ2v) is 2.29. The Hall–Kier alpha value is -1.52. The summed E-state index contributed by atoms with van der Waals surface area (Å²) in [5.41, 5.74) is 5.78. The van der Waals surface area contributed by atoms with Gasteiger partial charge in [-0.2, -0.15) is 4.99 Å². The predicted molar refractivity (Wildman–Crippen MR) is 40.4 cm³/mol. The predicted octanol–water partition coefficient (Wildman–Crippen LogP) is -0.149. The molecule has 1 aliphatic rings. The van der Waals surface area contributed by atoms with Crippen molar-refractivity contribution in [3.05, 3.63) is 11.8 Å². The fraction of sp³-hybridized carbons (Fsp3) is 0.333. The van der Waals surface area contributed by atoms with E-state index in [2.05, 4.69) is 4.99 Å². The Bertz CT molecular complexity index is 244. The largest absolute Gasteiger partial charge is 0.515 e. The molecular formula is C6H9N3O2. The van der Waals surface area contributed by atoms with Crippen molar-refractivity contribution in [1.82, 2.24) is 4.90 Å². The molecule has 0 aromatic rings. The molecule has 0 aliphatic carbocycles. The highest BCUT2D eigenvalue weighted by Gasteiger charge is 2.18. The molecule has 0 aromatic carbocycles. The first kappa shape index (κ1) is 7.59. The summed E-state index contributed by atoms with van der Waals surface area (Å²) in [4.78, 5) is 15.6. The lowest BCUT2D eigenvalue weighted by Crippen LogP contribution is -2.37. The zero-order valence-corrected chi connectivity index (χ0v) is 6.11. The smallest absolute Gasteiger partial charge is 0.345 e. The summed E-state index contributed by atoms with van der Waals surface area (Å²) in [5, 5.41) is 8.60. The van der Waals surface area contributed by atoms with Gasteiger partial charge >= 0.3 is 6.03 Å². The molecule has 0 saturated heterocycles. The van der Waals surface area contributed by atoms with Crippen molar-refractivity contribution in [2.45, 2.75) is 0 Å². The number of aliphatic hydroxyl groups is 1. The summed E-state index contributed by atoms with van der Waals surface area (Å²) in [6.07, 6.45) is 0.863. The van der Waals surface area contributed by atoms with Gasteiger partial charge in [-0.1, -0.05) is 0 Å². The molecule has 1 heterocycles. The van der Waals surface area contributed by atoms with Crippen molar-refractivity contribution >= 4 is 11.9 Å². The Kier molecular flexibility index (Phi) is 1.80. The highest BCUT2D eigenvalue weighted by atomic mass is 16.2. The molecule has 1 rings (SSSR count). The van der Waals surface area contributed by atoms with Crippen LogP contribution in [0.2, 0.25) is 0 Å². The number of nitrogens with two attached hydrogens (primary N) is 1. The van der Waals surface area contributed by atoms with Gasteiger partial charge in [-0.3, -0.25) is 0 Å². The standard InChI is InChI=1S/C6H9N3O2/c1-9-2-4(3-10)5(7)8-6(9)11/h3,10H,2H2,1H3,(H2,7,8,11). The van der Waals surface area contributed by atoms with Gasteiger partial charge in [0.25, 0.3) is 0 Å². The van der Waals surface area contributed by atoms with Crippen LogP contribution in [0.25, 0.3) is 0 Å². The van der Waals surface area contributed by atoms with Crippen molar-refractivity contribution in [2.75, 3.05) is 13.6 Å². The molecule has 0 fully saturated rings. The fourth-order valence-corrected chi connectivity index (χ4v) is 0.771. The Morgan fingerprint density at radius 3 is 3.00 bits per heavy atom. The van der Waals surface area contributed by atoms with Crippen molar-refractivity contribution in [2.24, 2.45) is 10.7 Å². The number of hydrogen-bond donors (Lipinski definition) is 2. The van der Waals surface area contributed by atoms with Crippen LogP contribution in [0.3, 0.4) is 0 Å². The molecule has 60 valence electrons. The van der Waals surface area contributed by atoms with Crippen LogP contribution in [0.5, 0.6) is 0 Å². The molecule has 0 spiro atoms. The summed E-state index contributed by atoms with van der Waals surface area (Å²) in [6.45, 7) is 0.310. The molecule has 0 aromatic heterocycles. The summed E-state index contributed by atoms with van der Waals surface area (Å²) < 4.78 is 0. The Balaban J connectivity index is 2.94. The third kappa shape index (κ3) is 1.31. The Morgan fingerprint density at radius 2 is 2.45 bits per heavy atom. The van der Waals surface area contributed by atoms with Gasteiger partial charge in [0, 0.05) is 12.6 Å². The second kappa shape index (κ2) is 2.61. The number of carbonyl (C=O) groups is 1. The van der Waals surface area contributed by atoms with Gasteiger partial charge in [-0.25, -0.2) is 4.79 Å². The van der Waals surface area contributed by atoms with Crippen LogP contribution in [0.15, 0.2) is 16.8 Å². The molecule has 5 heteroatoms. The normalized spacial score (nSPS) is 22.3. The molecule has 1 aliphatic heterocycles. The van der Waals surface area contributed by atoms with E-state index in [4.69, 9.17) is 10.8 Å². The van der Waals surface area contributed by atoms with Gasteiger partial charge in [0.05, 0.1) is 12.8 Å². The van der Waals surface area contributed by atoms with Crippen molar-refractivity contribution in [1.29, 1.82) is 0 Å². The van der Waals surface area contributed by atoms with E-state index in [1.165, 1.54) is 4.90 Å². The second-order valence-electron chi connectivity index (χ2n) is 2.29. The monoisotopic (exact) mass is 155 g/mol. The van der Waals surface area contributed by atoms with Crippen molar-refractivity contribution in [3.63, 3.8) is 0 Å². The maximum absolute atomic E-state index is 10.8. The first-order valence-electron chi connectivity index (χ1n) is 3.08. The highest BCUT2D eigenvalue weighted by molar-refractivity contribution is 6.05. The van der Waals surface area contributed by atoms with Crippen LogP contribution >= 0.6 is 0 Å². The fourth-order valence-electron chi connectivity index (χ4n) is 0.771. The number of hydrogen-bond acceptors (Lipinski definition) is 3. The number of carbonyl (C=O) groups excluding carboxylic acids is 1. The molecule has 3 N–H and O–H groups in total. The number of aliphatic hydroxyl groups excluding tert-OH is 1. The zero-order valence-electron chi connectivity index (χ0n) is 6.11. The molecule has 0 saturated carbocycles. The van der Waals surface area contributed by atoms with E-state index in [0.29, 0.717) is 12.1 Å². The summed E-state index contributed by atoms with van der Waals surface area (Å²) in [5.74, 6) is 0.0931. The summed E-state index contributed by atoms with van der Waals surface area (Å²) >= 11 is 0. The summed E-state index contributed by atoms with van der Waals surface area (Å²) in [6, 6.07) is -0.381. The van der Waals surface area contributed by atoms with Crippen LogP contribution in [0, 0.1) is 0 Å². The number of amides is 2. The van der Waals surface area contributed by atoms with E-state index in [0.717, 1.165) is 6.26 Å². The SMILES string of the molecule is CN1CC(=CO)C(N)=NC1=O. The van der Waals surface area contributed by atoms with E-state index >= 15 is 0 Å². The van der Waals surface area contributed by atoms with Crippen molar-refractivity contribution < 1.29 is 9.90 Å². The van der Waals surface area contributed by atoms with Gasteiger partial charge in [0.2, 0.25) is 0 Å². The number of likely N-dealkylation sites (N-methyl/N-ethyl adjacent to an activating group) is 1. The first-order valence-corrected chi connectivity index (χ1v) is 3.08. The van der Waals surface area contributed by atoms with Crippen LogP contribution < -0.4 is 5.73 Å². The van der Waals surface area contributed by atoms with Gasteiger partial charge in [-0.15, -0.1) is 0 Å². The molecular weight excluding hydrogens is 146 g/mol. The van der Waals surface area contributed by atoms with Gasteiger partial charge < -0.3 is 15.7 Å². The highest BCUT2D eigenvalue weighted by Crippen LogP contribution is 2.05. The van der Waals surface area contributed by atoms with Crippen LogP contribution in [0.4, 0.5) is 4.79 Å². The third-order valence-electron chi connectivity index (χ3n) is 1.43. The molecule has 2 amide bonds. The molecule has 0 radical (unpaired) electrons. The lowest BCUT2D eigenvalue weighted by molar-refractivity contribution is 0.221. The average molecular weight is 155 g/mol. The number of urea groups is 1. The minimum absolute atomic E-state index is 0.0931. The number of aliphatic imine (C=N–C) groups is 1. The van der Waals surface area contributed by atoms with E-state index in [9.17, 15) is 4.79 Å². The first-order chi connectivity index (χ1) is 5.15. The quantitative estimate of drug-likeness (QED) is 0.477. The topological polar surface area (TPSA) is 78.9 Å². The number of rotatable bonds is 0. The Labute approximate surface area is 63.8 Å². The number of amidine groups is 1. The molecule has 0 bridgehead atoms. The maximum atomic E-state index is 10.8. The minimum atomic E-state index is -0.381. The zero-order chi connectivity index (χ0) is 8.43. The molecule has 5 nitrogen and oxygen atoms in total. The maximum Gasteiger partial charge on any atom is 0.345 e. The van der Waals surface area contributed by atoms with Gasteiger partial charge in [-0.05, 0) is 0 Å². The van der Waals surface area contributed by atoms with E-state index in [-0.39, 0.29) is 11.9 Å². The third-order valence-corrected chi connectivity index (χ3v) is 1.43. The van der Waals surface area contributed by atoms with Crippen LogP contribution in [-0.4, -0.2) is 35.5 Å². The molecule has 0 atom stereocenters. The van der Waals surface area contributed by atoms with E-state index in [1.807, 2.05) is 0 Å². The van der Waals surface area contributed by atoms with Crippen LogP contribution in [-0.2, 0) is 0 Å². The van der Waals surface area contributed by atoms with Gasteiger partial charge in [0.1, 0.15) is 5.84 Å². The molecule has 0 unspecified atom stereocenters. The van der Waals surface area contributed by atoms with Gasteiger partial charge in [0.15, 0.2) is 0 Å². The minimum Gasteiger partial charge on any atom is -0.515 e. The average Bonchev–Trinajstić information content (AvgIpc) is 1.97. The van der Waals surface area contributed by atoms with E-state index < -0.39 is 0 Å². The lowest BCUT2D eigenvalue weighted by atomic mass is 10.2.